The lowest BCUT2D eigenvalue weighted by molar-refractivity contribution is -0.130. The van der Waals surface area contributed by atoms with Crippen LogP contribution < -0.4 is 10.6 Å². The molecule has 2 amide bonds. The van der Waals surface area contributed by atoms with Gasteiger partial charge in [0.2, 0.25) is 12.3 Å². The predicted octanol–water partition coefficient (Wildman–Crippen LogP) is 2.49. The van der Waals surface area contributed by atoms with E-state index in [1.54, 1.807) is 29.2 Å². The summed E-state index contributed by atoms with van der Waals surface area (Å²) in [4.78, 5) is 40.8. The Balaban J connectivity index is 1.94. The summed E-state index contributed by atoms with van der Waals surface area (Å²) in [6.07, 6.45) is 4.49. The summed E-state index contributed by atoms with van der Waals surface area (Å²) < 4.78 is 28.3. The van der Waals surface area contributed by atoms with Crippen molar-refractivity contribution in [2.75, 3.05) is 31.2 Å². The van der Waals surface area contributed by atoms with E-state index in [0.717, 1.165) is 6.07 Å². The van der Waals surface area contributed by atoms with Crippen LogP contribution in [0.15, 0.2) is 65.3 Å². The molecule has 0 radical (unpaired) electrons. The average Bonchev–Trinajstić information content (AvgIpc) is 2.97. The third kappa shape index (κ3) is 6.35. The molecule has 0 spiro atoms. The lowest BCUT2D eigenvalue weighted by atomic mass is 10.0. The molecule has 2 N–H and O–H groups in total. The van der Waals surface area contributed by atoms with Crippen molar-refractivity contribution in [3.8, 4) is 23.1 Å². The Morgan fingerprint density at radius 1 is 1.38 bits per heavy atom. The number of nitriles is 1. The fraction of sp³-hybridized carbons (Fsp3) is 0.214. The summed E-state index contributed by atoms with van der Waals surface area (Å²) in [5, 5.41) is 23.1. The van der Waals surface area contributed by atoms with Gasteiger partial charge in [0.1, 0.15) is 28.8 Å². The van der Waals surface area contributed by atoms with E-state index in [-0.39, 0.29) is 76.9 Å². The Morgan fingerprint density at radius 3 is 2.83 bits per heavy atom. The van der Waals surface area contributed by atoms with Crippen LogP contribution in [0.2, 0.25) is 0 Å². The van der Waals surface area contributed by atoms with Crippen molar-refractivity contribution >= 4 is 55.0 Å². The highest BCUT2D eigenvalue weighted by atomic mass is 32.2. The fourth-order valence-corrected chi connectivity index (χ4v) is 5.67. The van der Waals surface area contributed by atoms with Gasteiger partial charge in [-0.1, -0.05) is 18.7 Å². The second-order valence-electron chi connectivity index (χ2n) is 9.13. The largest absolute Gasteiger partial charge is 0.507 e. The number of benzene rings is 1. The maximum absolute atomic E-state index is 15.9. The second-order valence-corrected chi connectivity index (χ2v) is 11.1. The van der Waals surface area contributed by atoms with Gasteiger partial charge in [0.15, 0.2) is 10.8 Å². The maximum atomic E-state index is 15.9. The smallest absolute Gasteiger partial charge is 0.246 e. The molecule has 42 heavy (non-hydrogen) atoms. The number of carbonyl (C=O) groups is 2. The minimum Gasteiger partial charge on any atom is -0.507 e. The molecule has 4 rings (SSSR count). The van der Waals surface area contributed by atoms with Crippen molar-refractivity contribution in [1.82, 2.24) is 19.8 Å². The van der Waals surface area contributed by atoms with Crippen molar-refractivity contribution < 1.29 is 23.3 Å². The van der Waals surface area contributed by atoms with Gasteiger partial charge in [-0.2, -0.15) is 5.26 Å². The van der Waals surface area contributed by atoms with Crippen LogP contribution in [0.5, 0.6) is 5.75 Å². The standard InChI is InChI=1S/C28H27FN7O4PS/c1-3-23(39)36-13-12-35(15-17(36)9-10-30)27(33-20-6-5-11-31-28(20)42(2)40)18-14-19(29)25(34-26(18)32-16-37)24-21(38)7-4-8-22(24)41/h3-8,11,14,16-17,38H,1,9,12-13,15,41H2,2H3,(H,32,34,37). The zero-order valence-electron chi connectivity index (χ0n) is 22.5. The molecule has 3 unspecified atom stereocenters. The first kappa shape index (κ1) is 30.4. The van der Waals surface area contributed by atoms with Gasteiger partial charge in [-0.05, 0) is 35.6 Å². The number of pyridine rings is 2. The van der Waals surface area contributed by atoms with Gasteiger partial charge >= 0.3 is 0 Å². The number of hydrogen-bond donors (Lipinski definition) is 2. The van der Waals surface area contributed by atoms with Crippen LogP contribution in [0.4, 0.5) is 15.9 Å². The van der Waals surface area contributed by atoms with Crippen LogP contribution in [-0.4, -0.2) is 79.2 Å². The molecule has 3 heterocycles. The number of nitrogens with zero attached hydrogens (tertiary/aromatic N) is 6. The van der Waals surface area contributed by atoms with E-state index in [9.17, 15) is 24.2 Å². The van der Waals surface area contributed by atoms with Crippen molar-refractivity contribution in [2.24, 2.45) is 4.99 Å². The van der Waals surface area contributed by atoms with E-state index in [4.69, 9.17) is 4.99 Å². The summed E-state index contributed by atoms with van der Waals surface area (Å²) in [6, 6.07) is 10.5. The van der Waals surface area contributed by atoms with E-state index in [1.165, 1.54) is 29.5 Å². The van der Waals surface area contributed by atoms with Gasteiger partial charge in [-0.25, -0.2) is 19.4 Å². The number of halogens is 1. The van der Waals surface area contributed by atoms with Gasteiger partial charge < -0.3 is 20.2 Å². The number of phenols is 1. The highest BCUT2D eigenvalue weighted by Crippen LogP contribution is 2.33. The molecule has 1 fully saturated rings. The number of phenolic OH excluding ortho intramolecular Hbond substituents is 1. The molecule has 1 aromatic carbocycles. The normalized spacial score (nSPS) is 16.0. The van der Waals surface area contributed by atoms with Gasteiger partial charge in [0, 0.05) is 32.1 Å². The minimum absolute atomic E-state index is 0.00962. The van der Waals surface area contributed by atoms with Crippen molar-refractivity contribution in [3.05, 3.63) is 66.6 Å². The second kappa shape index (κ2) is 13.4. The number of aromatic nitrogens is 2. The minimum atomic E-state index is -1.52. The molecule has 0 aliphatic carbocycles. The first-order valence-electron chi connectivity index (χ1n) is 12.6. The van der Waals surface area contributed by atoms with Gasteiger partial charge in [0.25, 0.3) is 0 Å². The zero-order chi connectivity index (χ0) is 30.4. The first-order chi connectivity index (χ1) is 20.2. The first-order valence-corrected chi connectivity index (χ1v) is 14.7. The Hall–Kier alpha value is -4.53. The molecule has 1 aliphatic heterocycles. The lowest BCUT2D eigenvalue weighted by Crippen LogP contribution is -2.56. The number of hydrogen-bond acceptors (Lipinski definition) is 8. The molecule has 11 nitrogen and oxygen atoms in total. The van der Waals surface area contributed by atoms with Crippen LogP contribution in [0.25, 0.3) is 11.3 Å². The summed E-state index contributed by atoms with van der Waals surface area (Å²) in [5.74, 6) is -1.26. The molecule has 3 atom stereocenters. The number of amides is 2. The van der Waals surface area contributed by atoms with E-state index in [1.807, 2.05) is 0 Å². The maximum Gasteiger partial charge on any atom is 0.246 e. The molecule has 216 valence electrons. The number of amidine groups is 1. The van der Waals surface area contributed by atoms with Crippen molar-refractivity contribution in [3.63, 3.8) is 0 Å². The van der Waals surface area contributed by atoms with E-state index in [2.05, 4.69) is 37.2 Å². The highest BCUT2D eigenvalue weighted by molar-refractivity contribution is 7.84. The van der Waals surface area contributed by atoms with Gasteiger partial charge in [0.05, 0.1) is 40.5 Å². The van der Waals surface area contributed by atoms with Crippen LogP contribution in [0.3, 0.4) is 0 Å². The number of carbonyl (C=O) groups excluding carboxylic acids is 2. The van der Waals surface area contributed by atoms with E-state index in [0.29, 0.717) is 11.7 Å². The van der Waals surface area contributed by atoms with Gasteiger partial charge in [-0.15, -0.1) is 9.24 Å². The molecule has 1 aliphatic rings. The highest BCUT2D eigenvalue weighted by Gasteiger charge is 2.33. The molecule has 3 aromatic rings. The van der Waals surface area contributed by atoms with Crippen LogP contribution in [0, 0.1) is 17.1 Å². The van der Waals surface area contributed by atoms with Gasteiger partial charge in [-0.3, -0.25) is 13.8 Å². The Morgan fingerprint density at radius 2 is 2.17 bits per heavy atom. The third-order valence-corrected chi connectivity index (χ3v) is 7.88. The van der Waals surface area contributed by atoms with Crippen LogP contribution >= 0.6 is 9.24 Å². The molecule has 2 aromatic heterocycles. The van der Waals surface area contributed by atoms with Crippen molar-refractivity contribution in [2.45, 2.75) is 17.5 Å². The van der Waals surface area contributed by atoms with E-state index < -0.39 is 22.7 Å². The van der Waals surface area contributed by atoms with E-state index >= 15 is 4.39 Å². The summed E-state index contributed by atoms with van der Waals surface area (Å²) in [7, 11) is 0.888. The SMILES string of the molecule is C=CC(=O)N1CCN(C(=Nc2cccnc2S(C)=O)c2cc(F)c(-c3c(O)cccc3P)nc2NC=O)CC1CC#N. The number of piperazine rings is 1. The molecule has 0 bridgehead atoms. The Kier molecular flexibility index (Phi) is 9.72. The average molecular weight is 608 g/mol. The van der Waals surface area contributed by atoms with Crippen molar-refractivity contribution in [1.29, 1.82) is 5.26 Å². The number of rotatable bonds is 8. The summed E-state index contributed by atoms with van der Waals surface area (Å²) in [6.45, 7) is 4.11. The Labute approximate surface area is 246 Å². The number of aliphatic imine (C=N–C) groups is 1. The molecular formula is C28H27FN7O4PS. The van der Waals surface area contributed by atoms with Crippen LogP contribution in [-0.2, 0) is 20.4 Å². The summed E-state index contributed by atoms with van der Waals surface area (Å²) >= 11 is 0. The summed E-state index contributed by atoms with van der Waals surface area (Å²) in [5.41, 5.74) is 0.246. The fourth-order valence-electron chi connectivity index (χ4n) is 4.66. The predicted molar refractivity (Wildman–Crippen MR) is 161 cm³/mol. The molecule has 0 saturated carbocycles. The monoisotopic (exact) mass is 607 g/mol. The topological polar surface area (TPSA) is 152 Å². The number of anilines is 1. The quantitative estimate of drug-likeness (QED) is 0.130. The Bertz CT molecular complexity index is 1620. The number of aromatic hydroxyl groups is 1. The lowest BCUT2D eigenvalue weighted by Gasteiger charge is -2.41. The number of nitrogens with one attached hydrogen (secondary N) is 1. The molecule has 1 saturated heterocycles. The zero-order valence-corrected chi connectivity index (χ0v) is 24.5. The third-order valence-electron chi connectivity index (χ3n) is 6.54. The molecular weight excluding hydrogens is 580 g/mol. The van der Waals surface area contributed by atoms with Crippen LogP contribution in [0.1, 0.15) is 12.0 Å². The molecule has 14 heteroatoms.